The van der Waals surface area contributed by atoms with Crippen molar-refractivity contribution >= 4 is 11.8 Å². The molecule has 1 saturated heterocycles. The van der Waals surface area contributed by atoms with E-state index in [1.54, 1.807) is 6.92 Å². The lowest BCUT2D eigenvalue weighted by atomic mass is 9.79. The van der Waals surface area contributed by atoms with Crippen molar-refractivity contribution in [3.8, 4) is 0 Å². The molecule has 1 heterocycles. The minimum absolute atomic E-state index is 0.0246. The van der Waals surface area contributed by atoms with Crippen LogP contribution in [0.5, 0.6) is 0 Å². The number of piperidine rings is 1. The molecule has 1 aliphatic heterocycles. The van der Waals surface area contributed by atoms with Crippen LogP contribution in [0.15, 0.2) is 18.2 Å². The van der Waals surface area contributed by atoms with Crippen LogP contribution in [0.3, 0.4) is 0 Å². The monoisotopic (exact) mass is 301 g/mol. The van der Waals surface area contributed by atoms with E-state index < -0.39 is 11.0 Å². The Labute approximate surface area is 131 Å². The lowest BCUT2D eigenvalue weighted by Crippen LogP contribution is -2.49. The van der Waals surface area contributed by atoms with Gasteiger partial charge in [0.05, 0.1) is 0 Å². The first-order chi connectivity index (χ1) is 10.2. The third-order valence-corrected chi connectivity index (χ3v) is 4.62. The molecule has 0 amide bonds. The van der Waals surface area contributed by atoms with E-state index in [1.807, 2.05) is 39.0 Å². The summed E-state index contributed by atoms with van der Waals surface area (Å²) in [6, 6.07) is 5.77. The van der Waals surface area contributed by atoms with Crippen molar-refractivity contribution in [2.24, 2.45) is 0 Å². The minimum Gasteiger partial charge on any atom is -0.459 e. The molecule has 2 atom stereocenters. The van der Waals surface area contributed by atoms with E-state index in [1.165, 1.54) is 5.56 Å². The molecule has 22 heavy (non-hydrogen) atoms. The molecule has 1 fully saturated rings. The predicted octanol–water partition coefficient (Wildman–Crippen LogP) is 2.56. The molecule has 0 spiro atoms. The summed E-state index contributed by atoms with van der Waals surface area (Å²) >= 11 is 0. The Hall–Kier alpha value is -1.68. The molecule has 4 heteroatoms. The second kappa shape index (κ2) is 4.92. The largest absolute Gasteiger partial charge is 0.459 e. The zero-order valence-corrected chi connectivity index (χ0v) is 13.7. The number of esters is 1. The molecule has 118 valence electrons. The zero-order valence-electron chi connectivity index (χ0n) is 13.7. The van der Waals surface area contributed by atoms with Gasteiger partial charge >= 0.3 is 5.97 Å². The van der Waals surface area contributed by atoms with Crippen molar-refractivity contribution in [3.63, 3.8) is 0 Å². The van der Waals surface area contributed by atoms with Gasteiger partial charge in [-0.2, -0.15) is 0 Å². The van der Waals surface area contributed by atoms with Gasteiger partial charge in [0, 0.05) is 18.7 Å². The molecule has 0 radical (unpaired) electrons. The summed E-state index contributed by atoms with van der Waals surface area (Å²) in [6.07, 6.45) is 0.769. The molecular weight excluding hydrogens is 278 g/mol. The number of carbonyl (C=O) groups is 2. The maximum Gasteiger partial charge on any atom is 0.318 e. The van der Waals surface area contributed by atoms with Gasteiger partial charge < -0.3 is 10.1 Å². The Kier molecular flexibility index (Phi) is 3.40. The molecule has 2 unspecified atom stereocenters. The number of nitrogens with one attached hydrogen (secondary N) is 1. The fourth-order valence-corrected chi connectivity index (χ4v) is 3.64. The summed E-state index contributed by atoms with van der Waals surface area (Å²) in [4.78, 5) is 24.6. The van der Waals surface area contributed by atoms with Crippen LogP contribution in [0.1, 0.15) is 61.5 Å². The van der Waals surface area contributed by atoms with Gasteiger partial charge in [-0.05, 0) is 57.2 Å². The fourth-order valence-electron chi connectivity index (χ4n) is 3.64. The van der Waals surface area contributed by atoms with E-state index in [2.05, 4.69) is 5.32 Å². The highest BCUT2D eigenvalue weighted by Gasteiger charge is 2.53. The van der Waals surface area contributed by atoms with Crippen LogP contribution < -0.4 is 5.32 Å². The Morgan fingerprint density at radius 2 is 2.05 bits per heavy atom. The zero-order chi connectivity index (χ0) is 16.1. The number of ketones is 1. The smallest absolute Gasteiger partial charge is 0.318 e. The van der Waals surface area contributed by atoms with E-state index >= 15 is 0 Å². The molecule has 1 aromatic carbocycles. The van der Waals surface area contributed by atoms with Gasteiger partial charge in [-0.15, -0.1) is 0 Å². The van der Waals surface area contributed by atoms with Crippen molar-refractivity contribution < 1.29 is 14.3 Å². The second-order valence-corrected chi connectivity index (χ2v) is 7.47. The molecule has 0 aromatic heterocycles. The van der Waals surface area contributed by atoms with Crippen LogP contribution >= 0.6 is 0 Å². The van der Waals surface area contributed by atoms with Gasteiger partial charge in [-0.1, -0.05) is 12.1 Å². The normalized spacial score (nSPS) is 26.5. The summed E-state index contributed by atoms with van der Waals surface area (Å²) in [7, 11) is 0. The van der Waals surface area contributed by atoms with E-state index in [0.717, 1.165) is 18.5 Å². The second-order valence-electron chi connectivity index (χ2n) is 7.47. The number of rotatable bonds is 2. The molecule has 2 bridgehead atoms. The predicted molar refractivity (Wildman–Crippen MR) is 84.2 cm³/mol. The molecule has 4 nitrogen and oxygen atoms in total. The summed E-state index contributed by atoms with van der Waals surface area (Å²) in [6.45, 7) is 8.66. The number of carbonyl (C=O) groups excluding carboxylic acids is 2. The van der Waals surface area contributed by atoms with Crippen LogP contribution in [-0.4, -0.2) is 30.4 Å². The standard InChI is InChI=1S/C18H23NO3/c1-11(20)12-5-6-14-13-8-18(10-19-9-13,15(14)7-12)16(21)22-17(2,3)4/h5-7,13,19H,8-10H2,1-4H3. The van der Waals surface area contributed by atoms with Crippen molar-refractivity contribution in [2.75, 3.05) is 13.1 Å². The molecule has 1 aromatic rings. The number of ether oxygens (including phenoxy) is 1. The first-order valence-corrected chi connectivity index (χ1v) is 7.82. The minimum atomic E-state index is -0.656. The molecule has 1 N–H and O–H groups in total. The van der Waals surface area contributed by atoms with E-state index in [-0.39, 0.29) is 11.8 Å². The van der Waals surface area contributed by atoms with Crippen LogP contribution in [0.25, 0.3) is 0 Å². The topological polar surface area (TPSA) is 55.4 Å². The maximum atomic E-state index is 12.9. The Bertz CT molecular complexity index is 644. The molecule has 1 aliphatic carbocycles. The third-order valence-electron chi connectivity index (χ3n) is 4.62. The van der Waals surface area contributed by atoms with Crippen molar-refractivity contribution in [3.05, 3.63) is 34.9 Å². The summed E-state index contributed by atoms with van der Waals surface area (Å²) in [5, 5.41) is 3.36. The van der Waals surface area contributed by atoms with Gasteiger partial charge in [0.25, 0.3) is 0 Å². The van der Waals surface area contributed by atoms with Crippen LogP contribution in [0, 0.1) is 0 Å². The lowest BCUT2D eigenvalue weighted by Gasteiger charge is -2.35. The van der Waals surface area contributed by atoms with Gasteiger partial charge in [-0.25, -0.2) is 0 Å². The Morgan fingerprint density at radius 3 is 2.68 bits per heavy atom. The molecule has 2 aliphatic rings. The Balaban J connectivity index is 2.08. The summed E-state index contributed by atoms with van der Waals surface area (Å²) in [5.74, 6) is 0.158. The van der Waals surface area contributed by atoms with Crippen molar-refractivity contribution in [2.45, 2.75) is 51.0 Å². The molecule has 0 saturated carbocycles. The van der Waals surface area contributed by atoms with Crippen molar-refractivity contribution in [1.82, 2.24) is 5.32 Å². The van der Waals surface area contributed by atoms with Gasteiger partial charge in [0.15, 0.2) is 5.78 Å². The van der Waals surface area contributed by atoms with E-state index in [0.29, 0.717) is 18.0 Å². The molecular formula is C18H23NO3. The third kappa shape index (κ3) is 2.35. The number of hydrogen-bond acceptors (Lipinski definition) is 4. The number of Topliss-reactive ketones (excluding diaryl/α,β-unsaturated/α-hetero) is 1. The first-order valence-electron chi connectivity index (χ1n) is 7.82. The lowest BCUT2D eigenvalue weighted by molar-refractivity contribution is -0.162. The van der Waals surface area contributed by atoms with Crippen LogP contribution in [0.4, 0.5) is 0 Å². The highest BCUT2D eigenvalue weighted by Crippen LogP contribution is 2.49. The Morgan fingerprint density at radius 1 is 1.32 bits per heavy atom. The number of hydrogen-bond donors (Lipinski definition) is 1. The first kappa shape index (κ1) is 15.2. The van der Waals surface area contributed by atoms with Crippen LogP contribution in [0.2, 0.25) is 0 Å². The SMILES string of the molecule is CC(=O)c1ccc2c(c1)C1(C(=O)OC(C)(C)C)CNCC2C1. The summed E-state index contributed by atoms with van der Waals surface area (Å²) in [5.41, 5.74) is 1.65. The highest BCUT2D eigenvalue weighted by atomic mass is 16.6. The quantitative estimate of drug-likeness (QED) is 0.674. The summed E-state index contributed by atoms with van der Waals surface area (Å²) < 4.78 is 5.69. The highest BCUT2D eigenvalue weighted by molar-refractivity contribution is 5.95. The number of benzene rings is 1. The average Bonchev–Trinajstić information content (AvgIpc) is 2.66. The average molecular weight is 301 g/mol. The van der Waals surface area contributed by atoms with Gasteiger partial charge in [0.1, 0.15) is 11.0 Å². The van der Waals surface area contributed by atoms with E-state index in [9.17, 15) is 9.59 Å². The maximum absolute atomic E-state index is 12.9. The van der Waals surface area contributed by atoms with E-state index in [4.69, 9.17) is 4.74 Å². The molecule has 3 rings (SSSR count). The number of fused-ring (bicyclic) bond motifs is 5. The van der Waals surface area contributed by atoms with Gasteiger partial charge in [-0.3, -0.25) is 9.59 Å². The van der Waals surface area contributed by atoms with Gasteiger partial charge in [0.2, 0.25) is 0 Å². The van der Waals surface area contributed by atoms with Crippen LogP contribution in [-0.2, 0) is 14.9 Å². The van der Waals surface area contributed by atoms with Crippen molar-refractivity contribution in [1.29, 1.82) is 0 Å². The fraction of sp³-hybridized carbons (Fsp3) is 0.556.